The normalized spacial score (nSPS) is 15.6. The van der Waals surface area contributed by atoms with Crippen LogP contribution in [0.4, 0.5) is 0 Å². The summed E-state index contributed by atoms with van der Waals surface area (Å²) in [6, 6.07) is 0. The summed E-state index contributed by atoms with van der Waals surface area (Å²) in [4.78, 5) is 15.1. The lowest BCUT2D eigenvalue weighted by molar-refractivity contribution is -0.138. The van der Waals surface area contributed by atoms with E-state index in [1.165, 1.54) is 0 Å². The molecule has 0 bridgehead atoms. The van der Waals surface area contributed by atoms with Gasteiger partial charge < -0.3 is 16.8 Å². The maximum absolute atomic E-state index is 12.9. The van der Waals surface area contributed by atoms with Gasteiger partial charge in [-0.15, -0.1) is 0 Å². The van der Waals surface area contributed by atoms with Gasteiger partial charge in [0, 0.05) is 39.3 Å². The fourth-order valence-electron chi connectivity index (χ4n) is 2.97. The molecule has 0 spiro atoms. The standard InChI is InChI=1S/C18H40N4O/c1-16(2,3)14-18(7,17(4,5)6)15(23)21-10-13-22(11-8-19)12-9-20/h8-14,19-20H2,1-7H3,(H,21,23). The van der Waals surface area contributed by atoms with E-state index in [-0.39, 0.29) is 16.7 Å². The van der Waals surface area contributed by atoms with Crippen LogP contribution in [0.2, 0.25) is 0 Å². The van der Waals surface area contributed by atoms with Gasteiger partial charge in [-0.1, -0.05) is 48.5 Å². The monoisotopic (exact) mass is 328 g/mol. The van der Waals surface area contributed by atoms with Crippen LogP contribution < -0.4 is 16.8 Å². The Morgan fingerprint density at radius 2 is 1.39 bits per heavy atom. The smallest absolute Gasteiger partial charge is 0.226 e. The zero-order valence-electron chi connectivity index (χ0n) is 16.5. The van der Waals surface area contributed by atoms with Crippen molar-refractivity contribution in [1.82, 2.24) is 10.2 Å². The van der Waals surface area contributed by atoms with Crippen molar-refractivity contribution in [2.45, 2.75) is 54.9 Å². The van der Waals surface area contributed by atoms with Gasteiger partial charge in [0.2, 0.25) is 5.91 Å². The summed E-state index contributed by atoms with van der Waals surface area (Å²) in [7, 11) is 0. The van der Waals surface area contributed by atoms with Crippen LogP contribution in [0, 0.1) is 16.2 Å². The highest BCUT2D eigenvalue weighted by atomic mass is 16.2. The van der Waals surface area contributed by atoms with E-state index in [2.05, 4.69) is 58.7 Å². The lowest BCUT2D eigenvalue weighted by Gasteiger charge is -2.44. The lowest BCUT2D eigenvalue weighted by atomic mass is 9.61. The van der Waals surface area contributed by atoms with E-state index in [4.69, 9.17) is 11.5 Å². The summed E-state index contributed by atoms with van der Waals surface area (Å²) in [6.07, 6.45) is 0.852. The van der Waals surface area contributed by atoms with Crippen LogP contribution in [-0.4, -0.2) is 50.1 Å². The second-order valence-corrected chi connectivity index (χ2v) is 8.99. The third-order valence-electron chi connectivity index (χ3n) is 4.64. The van der Waals surface area contributed by atoms with E-state index in [1.54, 1.807) is 0 Å². The molecule has 0 aliphatic heterocycles. The molecule has 1 atom stereocenters. The number of hydrogen-bond donors (Lipinski definition) is 3. The topological polar surface area (TPSA) is 84.4 Å². The van der Waals surface area contributed by atoms with Crippen molar-refractivity contribution in [1.29, 1.82) is 0 Å². The summed E-state index contributed by atoms with van der Waals surface area (Å²) >= 11 is 0. The number of nitrogens with one attached hydrogen (secondary N) is 1. The quantitative estimate of drug-likeness (QED) is 0.603. The van der Waals surface area contributed by atoms with Gasteiger partial charge in [-0.2, -0.15) is 0 Å². The summed E-state index contributed by atoms with van der Waals surface area (Å²) < 4.78 is 0. The molecule has 138 valence electrons. The molecule has 5 N–H and O–H groups in total. The maximum Gasteiger partial charge on any atom is 0.226 e. The Kier molecular flexibility index (Phi) is 8.74. The molecule has 0 aromatic heterocycles. The maximum atomic E-state index is 12.9. The highest BCUT2D eigenvalue weighted by molar-refractivity contribution is 5.83. The molecular formula is C18H40N4O. The molecule has 0 saturated carbocycles. The molecule has 0 heterocycles. The summed E-state index contributed by atoms with van der Waals surface area (Å²) in [6.45, 7) is 19.4. The molecule has 23 heavy (non-hydrogen) atoms. The average molecular weight is 329 g/mol. The number of nitrogens with zero attached hydrogens (tertiary/aromatic N) is 1. The minimum atomic E-state index is -0.405. The molecule has 0 radical (unpaired) electrons. The first-order chi connectivity index (χ1) is 10.4. The second-order valence-electron chi connectivity index (χ2n) is 8.99. The fourth-order valence-corrected chi connectivity index (χ4v) is 2.97. The van der Waals surface area contributed by atoms with Gasteiger partial charge in [0.25, 0.3) is 0 Å². The molecule has 0 aromatic rings. The molecule has 0 aliphatic rings. The third kappa shape index (κ3) is 7.64. The van der Waals surface area contributed by atoms with E-state index in [0.717, 1.165) is 26.1 Å². The average Bonchev–Trinajstić information content (AvgIpc) is 2.35. The fraction of sp³-hybridized carbons (Fsp3) is 0.944. The molecule has 0 rings (SSSR count). The largest absolute Gasteiger partial charge is 0.354 e. The van der Waals surface area contributed by atoms with Crippen molar-refractivity contribution in [3.63, 3.8) is 0 Å². The van der Waals surface area contributed by atoms with Gasteiger partial charge >= 0.3 is 0 Å². The van der Waals surface area contributed by atoms with Gasteiger partial charge in [0.1, 0.15) is 0 Å². The summed E-state index contributed by atoms with van der Waals surface area (Å²) in [5, 5.41) is 3.14. The van der Waals surface area contributed by atoms with E-state index in [0.29, 0.717) is 19.6 Å². The van der Waals surface area contributed by atoms with E-state index in [1.807, 2.05) is 0 Å². The Hall–Kier alpha value is -0.650. The Morgan fingerprint density at radius 1 is 0.913 bits per heavy atom. The molecule has 5 heteroatoms. The van der Waals surface area contributed by atoms with Gasteiger partial charge in [-0.05, 0) is 17.3 Å². The van der Waals surface area contributed by atoms with Crippen LogP contribution in [0.5, 0.6) is 0 Å². The minimum Gasteiger partial charge on any atom is -0.354 e. The first kappa shape index (κ1) is 22.4. The van der Waals surface area contributed by atoms with Crippen molar-refractivity contribution in [2.75, 3.05) is 39.3 Å². The predicted octanol–water partition coefficient (Wildman–Crippen LogP) is 1.81. The molecule has 1 amide bonds. The Labute approximate surface area is 143 Å². The van der Waals surface area contributed by atoms with Gasteiger partial charge in [-0.25, -0.2) is 0 Å². The zero-order chi connectivity index (χ0) is 18.3. The third-order valence-corrected chi connectivity index (χ3v) is 4.64. The first-order valence-electron chi connectivity index (χ1n) is 8.78. The minimum absolute atomic E-state index is 0.0986. The van der Waals surface area contributed by atoms with Crippen LogP contribution in [0.3, 0.4) is 0 Å². The Bertz CT molecular complexity index is 351. The van der Waals surface area contributed by atoms with Crippen molar-refractivity contribution >= 4 is 5.91 Å². The number of amides is 1. The molecular weight excluding hydrogens is 288 g/mol. The van der Waals surface area contributed by atoms with Crippen LogP contribution in [-0.2, 0) is 4.79 Å². The Balaban J connectivity index is 4.80. The van der Waals surface area contributed by atoms with Crippen molar-refractivity contribution in [3.05, 3.63) is 0 Å². The molecule has 5 nitrogen and oxygen atoms in total. The lowest BCUT2D eigenvalue weighted by Crippen LogP contribution is -2.50. The van der Waals surface area contributed by atoms with Crippen molar-refractivity contribution in [2.24, 2.45) is 27.7 Å². The van der Waals surface area contributed by atoms with Crippen LogP contribution in [0.1, 0.15) is 54.9 Å². The molecule has 0 aromatic carbocycles. The number of carbonyl (C=O) groups is 1. The van der Waals surface area contributed by atoms with Crippen molar-refractivity contribution < 1.29 is 4.79 Å². The number of carbonyl (C=O) groups excluding carboxylic acids is 1. The van der Waals surface area contributed by atoms with E-state index < -0.39 is 5.41 Å². The van der Waals surface area contributed by atoms with Crippen molar-refractivity contribution in [3.8, 4) is 0 Å². The van der Waals surface area contributed by atoms with E-state index in [9.17, 15) is 4.79 Å². The molecule has 1 unspecified atom stereocenters. The SMILES string of the molecule is CC(C)(C)CC(C)(C(=O)NCCN(CCN)CCN)C(C)(C)C. The number of hydrogen-bond acceptors (Lipinski definition) is 4. The van der Waals surface area contributed by atoms with Gasteiger partial charge in [0.05, 0.1) is 5.41 Å². The predicted molar refractivity (Wildman–Crippen MR) is 99.2 cm³/mol. The van der Waals surface area contributed by atoms with Crippen LogP contribution in [0.25, 0.3) is 0 Å². The summed E-state index contributed by atoms with van der Waals surface area (Å²) in [5.74, 6) is 0.139. The Morgan fingerprint density at radius 3 is 1.74 bits per heavy atom. The highest BCUT2D eigenvalue weighted by Gasteiger charge is 2.46. The zero-order valence-corrected chi connectivity index (χ0v) is 16.5. The molecule has 0 fully saturated rings. The van der Waals surface area contributed by atoms with Gasteiger partial charge in [-0.3, -0.25) is 9.69 Å². The second kappa shape index (κ2) is 9.00. The summed E-state index contributed by atoms with van der Waals surface area (Å²) in [5.41, 5.74) is 10.8. The number of nitrogens with two attached hydrogens (primary N) is 2. The highest BCUT2D eigenvalue weighted by Crippen LogP contribution is 2.46. The van der Waals surface area contributed by atoms with Crippen LogP contribution in [0.15, 0.2) is 0 Å². The number of rotatable bonds is 9. The first-order valence-corrected chi connectivity index (χ1v) is 8.78. The van der Waals surface area contributed by atoms with Crippen LogP contribution >= 0.6 is 0 Å². The van der Waals surface area contributed by atoms with Gasteiger partial charge in [0.15, 0.2) is 0 Å². The molecule has 0 saturated heterocycles. The van der Waals surface area contributed by atoms with E-state index >= 15 is 0 Å². The molecule has 0 aliphatic carbocycles.